The summed E-state index contributed by atoms with van der Waals surface area (Å²) in [5.74, 6) is 0.257. The summed E-state index contributed by atoms with van der Waals surface area (Å²) >= 11 is 0. The molecule has 0 fully saturated rings. The number of hydrogen-bond acceptors (Lipinski definition) is 2. The number of imidazole rings is 1. The highest BCUT2D eigenvalue weighted by Crippen LogP contribution is 2.36. The maximum Gasteiger partial charge on any atom is 0.222 e. The van der Waals surface area contributed by atoms with Crippen LogP contribution in [0.3, 0.4) is 0 Å². The molecule has 1 aliphatic rings. The Morgan fingerprint density at radius 3 is 2.36 bits per heavy atom. The number of benzene rings is 3. The van der Waals surface area contributed by atoms with Crippen molar-refractivity contribution in [3.05, 3.63) is 94.8 Å². The van der Waals surface area contributed by atoms with Crippen molar-refractivity contribution >= 4 is 16.7 Å². The van der Waals surface area contributed by atoms with E-state index in [4.69, 9.17) is 17.3 Å². The molecule has 4 aromatic rings. The van der Waals surface area contributed by atoms with Gasteiger partial charge in [-0.1, -0.05) is 42.5 Å². The van der Waals surface area contributed by atoms with Crippen LogP contribution in [0.5, 0.6) is 0 Å². The lowest BCUT2D eigenvalue weighted by Gasteiger charge is -2.20. The topological polar surface area (TPSA) is 59.1 Å². The fraction of sp³-hybridized carbons (Fsp3) is 0.130. The average Bonchev–Trinajstić information content (AvgIpc) is 3.28. The molecule has 136 valence electrons. The molecule has 4 nitrogen and oxygen atoms in total. The van der Waals surface area contributed by atoms with Crippen molar-refractivity contribution < 1.29 is 4.39 Å². The summed E-state index contributed by atoms with van der Waals surface area (Å²) in [6.45, 7) is 6.98. The Bertz CT molecular complexity index is 1240. The van der Waals surface area contributed by atoms with Crippen LogP contribution >= 0.6 is 0 Å². The van der Waals surface area contributed by atoms with E-state index in [1.54, 1.807) is 6.07 Å². The standard InChI is InChI=1S/C23H17FN4/c1-26-19-8-6-14(10-18(19)24)15-7-9-20-21(11-15)28-22(27-20)23(25)12-16-4-2-3-5-17(16)13-23/h2-11H,12-13,25H2,(H,27,28). The van der Waals surface area contributed by atoms with Crippen LogP contribution in [0.2, 0.25) is 0 Å². The van der Waals surface area contributed by atoms with E-state index in [1.807, 2.05) is 30.3 Å². The number of nitrogens with one attached hydrogen (secondary N) is 1. The van der Waals surface area contributed by atoms with Gasteiger partial charge < -0.3 is 10.7 Å². The highest BCUT2D eigenvalue weighted by atomic mass is 19.1. The minimum Gasteiger partial charge on any atom is -0.340 e. The predicted octanol–water partition coefficient (Wildman–Crippen LogP) is 4.87. The Morgan fingerprint density at radius 1 is 1.00 bits per heavy atom. The second kappa shape index (κ2) is 6.01. The normalized spacial score (nSPS) is 14.8. The van der Waals surface area contributed by atoms with E-state index in [2.05, 4.69) is 22.0 Å². The highest BCUT2D eigenvalue weighted by Gasteiger charge is 2.37. The molecule has 3 aromatic carbocycles. The Labute approximate surface area is 161 Å². The van der Waals surface area contributed by atoms with Gasteiger partial charge in [-0.25, -0.2) is 14.2 Å². The molecule has 0 saturated carbocycles. The van der Waals surface area contributed by atoms with Gasteiger partial charge in [0.25, 0.3) is 0 Å². The van der Waals surface area contributed by atoms with Gasteiger partial charge >= 0.3 is 0 Å². The van der Waals surface area contributed by atoms with Gasteiger partial charge in [-0.3, -0.25) is 0 Å². The first-order chi connectivity index (χ1) is 13.6. The molecule has 0 unspecified atom stereocenters. The van der Waals surface area contributed by atoms with Crippen molar-refractivity contribution in [3.8, 4) is 11.1 Å². The summed E-state index contributed by atoms with van der Waals surface area (Å²) in [4.78, 5) is 11.3. The minimum atomic E-state index is -0.549. The molecule has 0 radical (unpaired) electrons. The Morgan fingerprint density at radius 2 is 1.68 bits per heavy atom. The zero-order chi connectivity index (χ0) is 19.3. The summed E-state index contributed by atoms with van der Waals surface area (Å²) in [6, 6.07) is 18.7. The maximum atomic E-state index is 14.0. The second-order valence-corrected chi connectivity index (χ2v) is 7.37. The number of aromatic nitrogens is 2. The van der Waals surface area contributed by atoms with Gasteiger partial charge in [0.05, 0.1) is 23.1 Å². The van der Waals surface area contributed by atoms with Crippen LogP contribution in [0.4, 0.5) is 10.1 Å². The van der Waals surface area contributed by atoms with E-state index in [9.17, 15) is 4.39 Å². The molecule has 0 aliphatic heterocycles. The third-order valence-electron chi connectivity index (χ3n) is 5.49. The Kier molecular flexibility index (Phi) is 3.58. The highest BCUT2D eigenvalue weighted by molar-refractivity contribution is 5.82. The number of hydrogen-bond donors (Lipinski definition) is 2. The van der Waals surface area contributed by atoms with Gasteiger partial charge in [0.1, 0.15) is 11.6 Å². The van der Waals surface area contributed by atoms with Crippen LogP contribution in [0.15, 0.2) is 60.7 Å². The monoisotopic (exact) mass is 368 g/mol. The van der Waals surface area contributed by atoms with Gasteiger partial charge in [0.2, 0.25) is 5.69 Å². The molecule has 3 N–H and O–H groups in total. The largest absolute Gasteiger partial charge is 0.340 e. The van der Waals surface area contributed by atoms with E-state index in [1.165, 1.54) is 23.3 Å². The molecule has 5 rings (SSSR count). The van der Waals surface area contributed by atoms with Crippen molar-refractivity contribution in [2.45, 2.75) is 18.4 Å². The molecule has 1 aliphatic carbocycles. The molecule has 0 amide bonds. The molecule has 28 heavy (non-hydrogen) atoms. The summed E-state index contributed by atoms with van der Waals surface area (Å²) in [5, 5.41) is 0. The molecule has 0 atom stereocenters. The van der Waals surface area contributed by atoms with Crippen molar-refractivity contribution in [1.82, 2.24) is 9.97 Å². The number of aromatic amines is 1. The van der Waals surface area contributed by atoms with Crippen LogP contribution in [0, 0.1) is 12.4 Å². The fourth-order valence-electron chi connectivity index (χ4n) is 4.01. The lowest BCUT2D eigenvalue weighted by atomic mass is 9.96. The number of rotatable bonds is 2. The average molecular weight is 368 g/mol. The van der Waals surface area contributed by atoms with Gasteiger partial charge in [0.15, 0.2) is 0 Å². The van der Waals surface area contributed by atoms with Crippen molar-refractivity contribution in [1.29, 1.82) is 0 Å². The SMILES string of the molecule is [C-]#[N+]c1ccc(-c2ccc3nc(C4(N)Cc5ccccc5C4)[nH]c3c2)cc1F. The van der Waals surface area contributed by atoms with Crippen molar-refractivity contribution in [3.63, 3.8) is 0 Å². The minimum absolute atomic E-state index is 0.0273. The van der Waals surface area contributed by atoms with E-state index < -0.39 is 11.4 Å². The predicted molar refractivity (Wildman–Crippen MR) is 107 cm³/mol. The van der Waals surface area contributed by atoms with Gasteiger partial charge in [-0.05, 0) is 53.3 Å². The molecular weight excluding hydrogens is 351 g/mol. The summed E-state index contributed by atoms with van der Waals surface area (Å²) in [6.07, 6.45) is 1.50. The van der Waals surface area contributed by atoms with Crippen molar-refractivity contribution in [2.75, 3.05) is 0 Å². The molecule has 5 heteroatoms. The maximum absolute atomic E-state index is 14.0. The molecule has 1 aromatic heterocycles. The van der Waals surface area contributed by atoms with E-state index in [-0.39, 0.29) is 5.69 Å². The lowest BCUT2D eigenvalue weighted by Crippen LogP contribution is -2.38. The Balaban J connectivity index is 1.53. The fourth-order valence-corrected chi connectivity index (χ4v) is 4.01. The van der Waals surface area contributed by atoms with Crippen LogP contribution in [-0.2, 0) is 18.4 Å². The van der Waals surface area contributed by atoms with E-state index in [0.29, 0.717) is 0 Å². The van der Waals surface area contributed by atoms with Crippen LogP contribution in [0.1, 0.15) is 17.0 Å². The van der Waals surface area contributed by atoms with Gasteiger partial charge in [0, 0.05) is 0 Å². The molecule has 0 bridgehead atoms. The molecule has 0 saturated heterocycles. The number of nitrogens with zero attached hydrogens (tertiary/aromatic N) is 2. The summed E-state index contributed by atoms with van der Waals surface area (Å²) in [5.41, 5.74) is 12.0. The number of halogens is 1. The lowest BCUT2D eigenvalue weighted by molar-refractivity contribution is 0.447. The number of nitrogens with two attached hydrogens (primary N) is 1. The first kappa shape index (κ1) is 16.7. The van der Waals surface area contributed by atoms with Crippen molar-refractivity contribution in [2.24, 2.45) is 5.73 Å². The quantitative estimate of drug-likeness (QED) is 0.496. The third kappa shape index (κ3) is 2.58. The molecule has 0 spiro atoms. The third-order valence-corrected chi connectivity index (χ3v) is 5.49. The zero-order valence-electron chi connectivity index (χ0n) is 15.0. The first-order valence-electron chi connectivity index (χ1n) is 9.09. The van der Waals surface area contributed by atoms with Crippen LogP contribution in [-0.4, -0.2) is 9.97 Å². The van der Waals surface area contributed by atoms with Gasteiger partial charge in [-0.15, -0.1) is 0 Å². The number of H-pyrrole nitrogens is 1. The molecular formula is C23H17FN4. The summed E-state index contributed by atoms with van der Waals surface area (Å²) < 4.78 is 14.0. The smallest absolute Gasteiger partial charge is 0.222 e. The van der Waals surface area contributed by atoms with Gasteiger partial charge in [-0.2, -0.15) is 0 Å². The summed E-state index contributed by atoms with van der Waals surface area (Å²) in [7, 11) is 0. The van der Waals surface area contributed by atoms with E-state index in [0.717, 1.165) is 40.8 Å². The second-order valence-electron chi connectivity index (χ2n) is 7.37. The van der Waals surface area contributed by atoms with Crippen LogP contribution < -0.4 is 5.73 Å². The van der Waals surface area contributed by atoms with E-state index >= 15 is 0 Å². The zero-order valence-corrected chi connectivity index (χ0v) is 15.0. The first-order valence-corrected chi connectivity index (χ1v) is 9.09. The van der Waals surface area contributed by atoms with Crippen LogP contribution in [0.25, 0.3) is 27.0 Å². The Hall–Kier alpha value is -3.49. The number of fused-ring (bicyclic) bond motifs is 2. The molecule has 1 heterocycles.